The molecule has 0 bridgehead atoms. The van der Waals surface area contributed by atoms with Gasteiger partial charge in [-0.1, -0.05) is 29.3 Å². The molecule has 2 rings (SSSR count). The van der Waals surface area contributed by atoms with Gasteiger partial charge in [-0.3, -0.25) is 0 Å². The van der Waals surface area contributed by atoms with E-state index in [1.54, 1.807) is 12.1 Å². The van der Waals surface area contributed by atoms with Crippen LogP contribution in [0.4, 0.5) is 0 Å². The molecule has 1 aromatic rings. The summed E-state index contributed by atoms with van der Waals surface area (Å²) in [5, 5.41) is 3.56. The van der Waals surface area contributed by atoms with Crippen molar-refractivity contribution < 1.29 is 8.42 Å². The Hall–Kier alpha value is -0.0400. The van der Waals surface area contributed by atoms with E-state index in [1.807, 2.05) is 0 Å². The van der Waals surface area contributed by atoms with Gasteiger partial charge in [0.25, 0.3) is 0 Å². The van der Waals surface area contributed by atoms with Crippen molar-refractivity contribution in [3.63, 3.8) is 0 Å². The van der Waals surface area contributed by atoms with Crippen LogP contribution in [0.25, 0.3) is 0 Å². The van der Waals surface area contributed by atoms with E-state index in [4.69, 9.17) is 23.2 Å². The van der Waals surface area contributed by atoms with Gasteiger partial charge in [0.15, 0.2) is 0 Å². The first-order chi connectivity index (χ1) is 9.00. The Balaban J connectivity index is 0.00000200. The SMILES string of the molecule is Cl.O=S(=O)(NCC1CCCNC1)c1cccc(Cl)c1Cl. The smallest absolute Gasteiger partial charge is 0.242 e. The Kier molecular flexibility index (Phi) is 7.04. The van der Waals surface area contributed by atoms with Crippen molar-refractivity contribution in [1.82, 2.24) is 10.0 Å². The normalized spacial score (nSPS) is 19.4. The molecule has 4 nitrogen and oxygen atoms in total. The van der Waals surface area contributed by atoms with Crippen molar-refractivity contribution in [2.75, 3.05) is 19.6 Å². The lowest BCUT2D eigenvalue weighted by atomic mass is 10.0. The minimum atomic E-state index is -3.61. The highest BCUT2D eigenvalue weighted by Gasteiger charge is 2.21. The molecule has 0 radical (unpaired) electrons. The van der Waals surface area contributed by atoms with E-state index in [9.17, 15) is 8.42 Å². The summed E-state index contributed by atoms with van der Waals surface area (Å²) in [5.41, 5.74) is 0. The van der Waals surface area contributed by atoms with Crippen LogP contribution in [-0.4, -0.2) is 28.1 Å². The third kappa shape index (κ3) is 4.48. The van der Waals surface area contributed by atoms with Crippen LogP contribution in [0, 0.1) is 5.92 Å². The maximum atomic E-state index is 12.2. The maximum absolute atomic E-state index is 12.2. The van der Waals surface area contributed by atoms with Crippen molar-refractivity contribution in [2.24, 2.45) is 5.92 Å². The lowest BCUT2D eigenvalue weighted by Crippen LogP contribution is -2.38. The van der Waals surface area contributed by atoms with Gasteiger partial charge in [-0.25, -0.2) is 13.1 Å². The summed E-state index contributed by atoms with van der Waals surface area (Å²) in [6, 6.07) is 4.59. The Morgan fingerprint density at radius 2 is 2.10 bits per heavy atom. The minimum absolute atomic E-state index is 0. The molecule has 2 N–H and O–H groups in total. The highest BCUT2D eigenvalue weighted by molar-refractivity contribution is 7.89. The fourth-order valence-electron chi connectivity index (χ4n) is 2.10. The second kappa shape index (κ2) is 7.82. The molecule has 1 aliphatic rings. The topological polar surface area (TPSA) is 58.2 Å². The molecular formula is C12H17Cl3N2O2S. The summed E-state index contributed by atoms with van der Waals surface area (Å²) >= 11 is 11.8. The molecule has 1 aromatic carbocycles. The molecule has 0 aliphatic carbocycles. The van der Waals surface area contributed by atoms with Crippen LogP contribution < -0.4 is 10.0 Å². The quantitative estimate of drug-likeness (QED) is 0.869. The van der Waals surface area contributed by atoms with Crippen LogP contribution >= 0.6 is 35.6 Å². The van der Waals surface area contributed by atoms with Crippen molar-refractivity contribution in [1.29, 1.82) is 0 Å². The van der Waals surface area contributed by atoms with Gasteiger partial charge < -0.3 is 5.32 Å². The first-order valence-electron chi connectivity index (χ1n) is 6.15. The van der Waals surface area contributed by atoms with E-state index < -0.39 is 10.0 Å². The summed E-state index contributed by atoms with van der Waals surface area (Å²) in [4.78, 5) is 0.0328. The number of nitrogens with one attached hydrogen (secondary N) is 2. The zero-order valence-electron chi connectivity index (χ0n) is 10.7. The predicted molar refractivity (Wildman–Crippen MR) is 84.5 cm³/mol. The number of sulfonamides is 1. The van der Waals surface area contributed by atoms with Crippen LogP contribution in [0.1, 0.15) is 12.8 Å². The highest BCUT2D eigenvalue weighted by Crippen LogP contribution is 2.28. The molecule has 0 saturated carbocycles. The largest absolute Gasteiger partial charge is 0.316 e. The van der Waals surface area contributed by atoms with E-state index in [-0.39, 0.29) is 27.3 Å². The van der Waals surface area contributed by atoms with Crippen molar-refractivity contribution in [3.8, 4) is 0 Å². The molecule has 20 heavy (non-hydrogen) atoms. The third-order valence-electron chi connectivity index (χ3n) is 3.17. The monoisotopic (exact) mass is 358 g/mol. The van der Waals surface area contributed by atoms with E-state index >= 15 is 0 Å². The summed E-state index contributed by atoms with van der Waals surface area (Å²) < 4.78 is 26.9. The molecule has 1 aliphatic heterocycles. The molecule has 8 heteroatoms. The summed E-state index contributed by atoms with van der Waals surface area (Å²) in [7, 11) is -3.61. The second-order valence-corrected chi connectivity index (χ2v) is 7.14. The Morgan fingerprint density at radius 3 is 2.75 bits per heavy atom. The summed E-state index contributed by atoms with van der Waals surface area (Å²) in [5.74, 6) is 0.321. The van der Waals surface area contributed by atoms with E-state index in [1.165, 1.54) is 6.07 Å². The number of piperidine rings is 1. The van der Waals surface area contributed by atoms with Gasteiger partial charge in [0.1, 0.15) is 4.90 Å². The van der Waals surface area contributed by atoms with E-state index in [2.05, 4.69) is 10.0 Å². The fraction of sp³-hybridized carbons (Fsp3) is 0.500. The molecule has 1 heterocycles. The van der Waals surface area contributed by atoms with Crippen molar-refractivity contribution >= 4 is 45.6 Å². The predicted octanol–water partition coefficient (Wildman–Crippen LogP) is 2.69. The highest BCUT2D eigenvalue weighted by atomic mass is 35.5. The Morgan fingerprint density at radius 1 is 1.35 bits per heavy atom. The standard InChI is InChI=1S/C12H16Cl2N2O2S.ClH/c13-10-4-1-5-11(12(10)14)19(17,18)16-8-9-3-2-6-15-7-9;/h1,4-5,9,15-16H,2-3,6-8H2;1H. The number of hydrogen-bond donors (Lipinski definition) is 2. The fourth-order valence-corrected chi connectivity index (χ4v) is 3.97. The van der Waals surface area contributed by atoms with Crippen LogP contribution in [0.3, 0.4) is 0 Å². The van der Waals surface area contributed by atoms with Crippen molar-refractivity contribution in [2.45, 2.75) is 17.7 Å². The summed E-state index contributed by atoms with van der Waals surface area (Å²) in [6.07, 6.45) is 2.10. The van der Waals surface area contributed by atoms with Crippen LogP contribution in [0.5, 0.6) is 0 Å². The van der Waals surface area contributed by atoms with Crippen molar-refractivity contribution in [3.05, 3.63) is 28.2 Å². The molecule has 0 spiro atoms. The van der Waals surface area contributed by atoms with E-state index in [0.29, 0.717) is 12.5 Å². The average Bonchev–Trinajstić information content (AvgIpc) is 2.41. The molecule has 0 amide bonds. The Bertz CT molecular complexity index is 546. The molecular weight excluding hydrogens is 343 g/mol. The van der Waals surface area contributed by atoms with Crippen LogP contribution in [0.15, 0.2) is 23.1 Å². The van der Waals surface area contributed by atoms with Crippen LogP contribution in [0.2, 0.25) is 10.0 Å². The first-order valence-corrected chi connectivity index (χ1v) is 8.39. The molecule has 114 valence electrons. The number of rotatable bonds is 4. The zero-order valence-corrected chi connectivity index (χ0v) is 13.9. The lowest BCUT2D eigenvalue weighted by molar-refractivity contribution is 0.376. The van der Waals surface area contributed by atoms with Gasteiger partial charge in [-0.05, 0) is 44.0 Å². The van der Waals surface area contributed by atoms with Crippen LogP contribution in [-0.2, 0) is 10.0 Å². The lowest BCUT2D eigenvalue weighted by Gasteiger charge is -2.23. The second-order valence-electron chi connectivity index (χ2n) is 4.62. The Labute approximate surface area is 135 Å². The van der Waals surface area contributed by atoms with Gasteiger partial charge >= 0.3 is 0 Å². The van der Waals surface area contributed by atoms with Gasteiger partial charge in [0, 0.05) is 6.54 Å². The zero-order chi connectivity index (χ0) is 13.9. The molecule has 1 atom stereocenters. The van der Waals surface area contributed by atoms with Gasteiger partial charge in [0.05, 0.1) is 10.0 Å². The number of halogens is 3. The number of benzene rings is 1. The van der Waals surface area contributed by atoms with Gasteiger partial charge in [-0.2, -0.15) is 0 Å². The van der Waals surface area contributed by atoms with Gasteiger partial charge in [0.2, 0.25) is 10.0 Å². The third-order valence-corrected chi connectivity index (χ3v) is 5.56. The first kappa shape index (κ1) is 18.0. The summed E-state index contributed by atoms with van der Waals surface area (Å²) in [6.45, 7) is 2.26. The van der Waals surface area contributed by atoms with E-state index in [0.717, 1.165) is 25.9 Å². The van der Waals surface area contributed by atoms with Gasteiger partial charge in [-0.15, -0.1) is 12.4 Å². The minimum Gasteiger partial charge on any atom is -0.316 e. The molecule has 1 fully saturated rings. The average molecular weight is 360 g/mol. The maximum Gasteiger partial charge on any atom is 0.242 e. The molecule has 1 unspecified atom stereocenters. The number of hydrogen-bond acceptors (Lipinski definition) is 3. The molecule has 0 aromatic heterocycles. The molecule has 1 saturated heterocycles.